The van der Waals surface area contributed by atoms with Gasteiger partial charge in [-0.3, -0.25) is 9.91 Å². The number of hydrazone groups is 1. The third-order valence-electron chi connectivity index (χ3n) is 5.74. The lowest BCUT2D eigenvalue weighted by Gasteiger charge is -2.33. The van der Waals surface area contributed by atoms with Crippen LogP contribution in [0.2, 0.25) is 0 Å². The molecule has 1 heterocycles. The Labute approximate surface area is 185 Å². The van der Waals surface area contributed by atoms with Gasteiger partial charge in [0.2, 0.25) is 0 Å². The monoisotopic (exact) mass is 413 g/mol. The molecule has 3 aromatic carbocycles. The maximum Gasteiger partial charge on any atom is 0.119 e. The smallest absolute Gasteiger partial charge is 0.119 e. The van der Waals surface area contributed by atoms with Gasteiger partial charge < -0.3 is 4.74 Å². The molecule has 0 spiro atoms. The van der Waals surface area contributed by atoms with Gasteiger partial charge in [-0.1, -0.05) is 54.1 Å². The van der Waals surface area contributed by atoms with Crippen molar-refractivity contribution < 1.29 is 4.74 Å². The van der Waals surface area contributed by atoms with Crippen LogP contribution in [-0.2, 0) is 13.2 Å². The van der Waals surface area contributed by atoms with Crippen molar-refractivity contribution in [3.63, 3.8) is 0 Å². The van der Waals surface area contributed by atoms with Crippen molar-refractivity contribution >= 4 is 6.21 Å². The van der Waals surface area contributed by atoms with E-state index in [0.717, 1.165) is 44.0 Å². The standard InChI is InChI=1S/C27H31N3O/c1-22-8-11-26(23(2)18-22)20-29-14-16-30(17-15-29)28-19-24-9-12-27(13-10-24)31-21-25-6-4-3-5-7-25/h3-13,18-19H,14-17,20-21H2,1-2H3/b28-19+. The lowest BCUT2D eigenvalue weighted by Crippen LogP contribution is -2.43. The molecular weight excluding hydrogens is 382 g/mol. The minimum Gasteiger partial charge on any atom is -0.489 e. The number of benzene rings is 3. The fourth-order valence-electron chi connectivity index (χ4n) is 3.81. The number of hydrogen-bond acceptors (Lipinski definition) is 4. The highest BCUT2D eigenvalue weighted by Gasteiger charge is 2.16. The van der Waals surface area contributed by atoms with E-state index >= 15 is 0 Å². The number of hydrogen-bond donors (Lipinski definition) is 0. The summed E-state index contributed by atoms with van der Waals surface area (Å²) in [6, 6.07) is 25.1. The molecule has 1 aliphatic rings. The van der Waals surface area contributed by atoms with Crippen LogP contribution in [-0.4, -0.2) is 42.3 Å². The molecule has 0 atom stereocenters. The fourth-order valence-corrected chi connectivity index (χ4v) is 3.81. The molecule has 0 amide bonds. The number of ether oxygens (including phenoxy) is 1. The predicted molar refractivity (Wildman–Crippen MR) is 128 cm³/mol. The van der Waals surface area contributed by atoms with E-state index in [-0.39, 0.29) is 0 Å². The summed E-state index contributed by atoms with van der Waals surface area (Å²) in [6.07, 6.45) is 1.95. The second-order valence-corrected chi connectivity index (χ2v) is 8.25. The molecule has 0 radical (unpaired) electrons. The Kier molecular flexibility index (Phi) is 7.00. The van der Waals surface area contributed by atoms with E-state index in [2.05, 4.69) is 71.3 Å². The normalized spacial score (nSPS) is 14.8. The molecule has 1 saturated heterocycles. The Hall–Kier alpha value is -3.11. The van der Waals surface area contributed by atoms with Crippen LogP contribution in [0, 0.1) is 13.8 Å². The molecular formula is C27H31N3O. The van der Waals surface area contributed by atoms with Crippen LogP contribution in [0.5, 0.6) is 5.75 Å². The first-order valence-corrected chi connectivity index (χ1v) is 11.0. The molecule has 0 N–H and O–H groups in total. The maximum absolute atomic E-state index is 5.86. The van der Waals surface area contributed by atoms with Gasteiger partial charge in [0.05, 0.1) is 6.21 Å². The molecule has 1 fully saturated rings. The molecule has 31 heavy (non-hydrogen) atoms. The molecule has 3 aromatic rings. The van der Waals surface area contributed by atoms with Crippen LogP contribution >= 0.6 is 0 Å². The first kappa shape index (κ1) is 21.1. The molecule has 0 aromatic heterocycles. The van der Waals surface area contributed by atoms with Crippen molar-refractivity contribution in [2.75, 3.05) is 26.2 Å². The van der Waals surface area contributed by atoms with E-state index in [1.807, 2.05) is 36.5 Å². The van der Waals surface area contributed by atoms with Crippen molar-refractivity contribution in [2.45, 2.75) is 27.0 Å². The minimum atomic E-state index is 0.584. The average Bonchev–Trinajstić information content (AvgIpc) is 2.80. The Morgan fingerprint density at radius 1 is 0.871 bits per heavy atom. The summed E-state index contributed by atoms with van der Waals surface area (Å²) in [4.78, 5) is 2.52. The molecule has 0 saturated carbocycles. The highest BCUT2D eigenvalue weighted by molar-refractivity contribution is 5.79. The van der Waals surface area contributed by atoms with E-state index in [1.165, 1.54) is 22.3 Å². The zero-order valence-electron chi connectivity index (χ0n) is 18.5. The Morgan fingerprint density at radius 3 is 2.32 bits per heavy atom. The molecule has 1 aliphatic heterocycles. The number of rotatable bonds is 7. The number of aryl methyl sites for hydroxylation is 2. The van der Waals surface area contributed by atoms with Gasteiger partial charge in [-0.05, 0) is 60.4 Å². The quantitative estimate of drug-likeness (QED) is 0.508. The average molecular weight is 414 g/mol. The third-order valence-corrected chi connectivity index (χ3v) is 5.74. The molecule has 0 bridgehead atoms. The summed E-state index contributed by atoms with van der Waals surface area (Å²) in [6.45, 7) is 9.96. The van der Waals surface area contributed by atoms with Crippen LogP contribution < -0.4 is 4.74 Å². The number of piperazine rings is 1. The topological polar surface area (TPSA) is 28.1 Å². The van der Waals surface area contributed by atoms with Crippen LogP contribution in [0.3, 0.4) is 0 Å². The van der Waals surface area contributed by atoms with Gasteiger partial charge in [0, 0.05) is 32.7 Å². The van der Waals surface area contributed by atoms with Crippen molar-refractivity contribution in [1.29, 1.82) is 0 Å². The molecule has 0 aliphatic carbocycles. The molecule has 4 heteroatoms. The Morgan fingerprint density at radius 2 is 1.61 bits per heavy atom. The minimum absolute atomic E-state index is 0.584. The van der Waals surface area contributed by atoms with E-state index in [0.29, 0.717) is 6.61 Å². The molecule has 0 unspecified atom stereocenters. The second-order valence-electron chi connectivity index (χ2n) is 8.25. The predicted octanol–water partition coefficient (Wildman–Crippen LogP) is 5.03. The SMILES string of the molecule is Cc1ccc(CN2CCN(/N=C/c3ccc(OCc4ccccc4)cc3)CC2)c(C)c1. The highest BCUT2D eigenvalue weighted by atomic mass is 16.5. The Bertz CT molecular complexity index is 991. The summed E-state index contributed by atoms with van der Waals surface area (Å²) >= 11 is 0. The van der Waals surface area contributed by atoms with Crippen molar-refractivity contribution in [2.24, 2.45) is 5.10 Å². The Balaban J connectivity index is 1.23. The van der Waals surface area contributed by atoms with Crippen LogP contribution in [0.15, 0.2) is 77.9 Å². The molecule has 4 nitrogen and oxygen atoms in total. The van der Waals surface area contributed by atoms with E-state index in [4.69, 9.17) is 4.74 Å². The van der Waals surface area contributed by atoms with Crippen molar-refractivity contribution in [3.8, 4) is 5.75 Å². The van der Waals surface area contributed by atoms with Gasteiger partial charge in [0.15, 0.2) is 0 Å². The summed E-state index contributed by atoms with van der Waals surface area (Å²) in [7, 11) is 0. The fraction of sp³-hybridized carbons (Fsp3) is 0.296. The van der Waals surface area contributed by atoms with E-state index in [1.54, 1.807) is 0 Å². The van der Waals surface area contributed by atoms with Crippen molar-refractivity contribution in [3.05, 3.63) is 101 Å². The van der Waals surface area contributed by atoms with Crippen LogP contribution in [0.1, 0.15) is 27.8 Å². The van der Waals surface area contributed by atoms with Gasteiger partial charge in [0.1, 0.15) is 12.4 Å². The zero-order valence-corrected chi connectivity index (χ0v) is 18.5. The second kappa shape index (κ2) is 10.3. The lowest BCUT2D eigenvalue weighted by molar-refractivity contribution is 0.131. The van der Waals surface area contributed by atoms with Gasteiger partial charge in [-0.25, -0.2) is 0 Å². The summed E-state index contributed by atoms with van der Waals surface area (Å²) < 4.78 is 5.86. The van der Waals surface area contributed by atoms with E-state index < -0.39 is 0 Å². The summed E-state index contributed by atoms with van der Waals surface area (Å²) in [5.74, 6) is 0.876. The van der Waals surface area contributed by atoms with Crippen molar-refractivity contribution in [1.82, 2.24) is 9.91 Å². The molecule has 4 rings (SSSR count). The summed E-state index contributed by atoms with van der Waals surface area (Å²) in [5.41, 5.74) is 6.40. The lowest BCUT2D eigenvalue weighted by atomic mass is 10.1. The van der Waals surface area contributed by atoms with Gasteiger partial charge >= 0.3 is 0 Å². The largest absolute Gasteiger partial charge is 0.489 e. The molecule has 160 valence electrons. The van der Waals surface area contributed by atoms with Gasteiger partial charge in [0.25, 0.3) is 0 Å². The van der Waals surface area contributed by atoms with Gasteiger partial charge in [-0.2, -0.15) is 5.10 Å². The highest BCUT2D eigenvalue weighted by Crippen LogP contribution is 2.16. The third kappa shape index (κ3) is 6.19. The van der Waals surface area contributed by atoms with E-state index in [9.17, 15) is 0 Å². The van der Waals surface area contributed by atoms with Crippen LogP contribution in [0.25, 0.3) is 0 Å². The maximum atomic E-state index is 5.86. The van der Waals surface area contributed by atoms with Crippen LogP contribution in [0.4, 0.5) is 0 Å². The number of nitrogens with zero attached hydrogens (tertiary/aromatic N) is 3. The van der Waals surface area contributed by atoms with Gasteiger partial charge in [-0.15, -0.1) is 0 Å². The first-order valence-electron chi connectivity index (χ1n) is 11.0. The first-order chi connectivity index (χ1) is 15.2. The zero-order chi connectivity index (χ0) is 21.5. The summed E-state index contributed by atoms with van der Waals surface area (Å²) in [5, 5.41) is 6.85.